The fourth-order valence-corrected chi connectivity index (χ4v) is 3.75. The average molecular weight is 469 g/mol. The number of hydrogen-bond donors (Lipinski definition) is 2. The number of aliphatic imine (C=N–C) groups is 1. The Morgan fingerprint density at radius 1 is 1.25 bits per heavy atom. The lowest BCUT2D eigenvalue weighted by Gasteiger charge is -2.22. The van der Waals surface area contributed by atoms with Gasteiger partial charge in [-0.2, -0.15) is 0 Å². The van der Waals surface area contributed by atoms with E-state index in [1.54, 1.807) is 44.5 Å². The van der Waals surface area contributed by atoms with Crippen molar-refractivity contribution < 1.29 is 13.2 Å². The topological polar surface area (TPSA) is 79.8 Å². The van der Waals surface area contributed by atoms with Crippen LogP contribution in [-0.4, -0.2) is 53.0 Å². The molecule has 0 aromatic heterocycles. The summed E-state index contributed by atoms with van der Waals surface area (Å²) in [4.78, 5) is 4.49. The maximum atomic E-state index is 12.5. The molecule has 0 heterocycles. The van der Waals surface area contributed by atoms with Crippen molar-refractivity contribution in [3.8, 4) is 0 Å². The highest BCUT2D eigenvalue weighted by Crippen LogP contribution is 2.12. The van der Waals surface area contributed by atoms with E-state index in [9.17, 15) is 8.42 Å². The number of ether oxygens (including phenoxy) is 1. The van der Waals surface area contributed by atoms with Crippen LogP contribution < -0.4 is 10.6 Å². The Hall–Kier alpha value is -0.870. The molecule has 0 radical (unpaired) electrons. The predicted octanol–water partition coefficient (Wildman–Crippen LogP) is 2.06. The summed E-state index contributed by atoms with van der Waals surface area (Å²) in [5.74, 6) is 0.594. The first-order valence-corrected chi connectivity index (χ1v) is 9.34. The van der Waals surface area contributed by atoms with Crippen molar-refractivity contribution in [3.05, 3.63) is 30.3 Å². The van der Waals surface area contributed by atoms with Crippen LogP contribution in [0.25, 0.3) is 0 Å². The highest BCUT2D eigenvalue weighted by atomic mass is 127. The second-order valence-electron chi connectivity index (χ2n) is 5.42. The number of benzene rings is 1. The van der Waals surface area contributed by atoms with Gasteiger partial charge in [0.1, 0.15) is 0 Å². The summed E-state index contributed by atoms with van der Waals surface area (Å²) in [5, 5.41) is 6.35. The molecule has 1 aromatic rings. The van der Waals surface area contributed by atoms with Crippen LogP contribution in [0.3, 0.4) is 0 Å². The van der Waals surface area contributed by atoms with E-state index in [2.05, 4.69) is 15.6 Å². The predicted molar refractivity (Wildman–Crippen MR) is 109 cm³/mol. The van der Waals surface area contributed by atoms with Crippen molar-refractivity contribution in [3.63, 3.8) is 0 Å². The van der Waals surface area contributed by atoms with Crippen LogP contribution in [0.2, 0.25) is 0 Å². The van der Waals surface area contributed by atoms with E-state index >= 15 is 0 Å². The lowest BCUT2D eigenvalue weighted by molar-refractivity contribution is 0.179. The van der Waals surface area contributed by atoms with Crippen molar-refractivity contribution >= 4 is 39.8 Å². The zero-order valence-corrected chi connectivity index (χ0v) is 17.8. The number of halogens is 1. The van der Waals surface area contributed by atoms with E-state index in [1.165, 1.54) is 0 Å². The number of guanidine groups is 1. The van der Waals surface area contributed by atoms with E-state index in [0.29, 0.717) is 23.9 Å². The summed E-state index contributed by atoms with van der Waals surface area (Å²) in [7, 11) is -0.0395. The molecule has 8 heteroatoms. The summed E-state index contributed by atoms with van der Waals surface area (Å²) in [6, 6.07) is 8.36. The molecule has 6 nitrogen and oxygen atoms in total. The largest absolute Gasteiger partial charge is 0.383 e. The molecule has 0 aliphatic heterocycles. The fourth-order valence-electron chi connectivity index (χ4n) is 2.14. The Morgan fingerprint density at radius 2 is 1.88 bits per heavy atom. The third kappa shape index (κ3) is 7.80. The van der Waals surface area contributed by atoms with Crippen LogP contribution in [0.1, 0.15) is 20.3 Å². The van der Waals surface area contributed by atoms with Gasteiger partial charge in [-0.05, 0) is 25.5 Å². The van der Waals surface area contributed by atoms with E-state index < -0.39 is 9.84 Å². The van der Waals surface area contributed by atoms with Gasteiger partial charge in [0, 0.05) is 26.2 Å². The van der Waals surface area contributed by atoms with Crippen molar-refractivity contribution in [2.45, 2.75) is 37.2 Å². The lowest BCUT2D eigenvalue weighted by atomic mass is 10.2. The second kappa shape index (κ2) is 11.6. The third-order valence-electron chi connectivity index (χ3n) is 3.38. The molecule has 0 saturated carbocycles. The average Bonchev–Trinajstić information content (AvgIpc) is 2.54. The SMILES string of the molecule is CCC(CS(=O)(=O)c1ccccc1)NC(=NC)NC(C)COC.I. The molecular formula is C16H28IN3O3S. The van der Waals surface area contributed by atoms with Gasteiger partial charge >= 0.3 is 0 Å². The first-order valence-electron chi connectivity index (χ1n) is 7.69. The first kappa shape index (κ1) is 23.1. The standard InChI is InChI=1S/C16H27N3O3S.HI/c1-5-14(19-16(17-3)18-13(2)11-22-4)12-23(20,21)15-9-7-6-8-10-15;/h6-10,13-14H,5,11-12H2,1-4H3,(H2,17,18,19);1H. The number of rotatable bonds is 8. The Bertz CT molecular complexity index is 594. The van der Waals surface area contributed by atoms with E-state index in [1.807, 2.05) is 13.8 Å². The Labute approximate surface area is 162 Å². The Balaban J connectivity index is 0.00000529. The maximum absolute atomic E-state index is 12.5. The van der Waals surface area contributed by atoms with Gasteiger partial charge in [0.15, 0.2) is 15.8 Å². The van der Waals surface area contributed by atoms with Crippen molar-refractivity contribution in [2.75, 3.05) is 26.5 Å². The summed E-state index contributed by atoms with van der Waals surface area (Å²) < 4.78 is 30.0. The molecule has 2 unspecified atom stereocenters. The highest BCUT2D eigenvalue weighted by molar-refractivity contribution is 14.0. The minimum atomic E-state index is -3.33. The van der Waals surface area contributed by atoms with Crippen molar-refractivity contribution in [2.24, 2.45) is 4.99 Å². The zero-order chi connectivity index (χ0) is 17.3. The number of sulfone groups is 1. The molecule has 0 amide bonds. The third-order valence-corrected chi connectivity index (χ3v) is 5.21. The molecule has 0 bridgehead atoms. The van der Waals surface area contributed by atoms with Crippen LogP contribution in [-0.2, 0) is 14.6 Å². The molecular weight excluding hydrogens is 441 g/mol. The van der Waals surface area contributed by atoms with Gasteiger partial charge in [0.25, 0.3) is 0 Å². The molecule has 24 heavy (non-hydrogen) atoms. The van der Waals surface area contributed by atoms with Gasteiger partial charge in [-0.15, -0.1) is 24.0 Å². The quantitative estimate of drug-likeness (QED) is 0.346. The van der Waals surface area contributed by atoms with Crippen molar-refractivity contribution in [1.82, 2.24) is 10.6 Å². The summed E-state index contributed by atoms with van der Waals surface area (Å²) in [6.07, 6.45) is 0.672. The molecule has 0 aliphatic rings. The molecule has 0 aliphatic carbocycles. The summed E-state index contributed by atoms with van der Waals surface area (Å²) >= 11 is 0. The van der Waals surface area contributed by atoms with E-state index in [-0.39, 0.29) is 41.8 Å². The zero-order valence-electron chi connectivity index (χ0n) is 14.7. The Morgan fingerprint density at radius 3 is 2.38 bits per heavy atom. The van der Waals surface area contributed by atoms with Gasteiger partial charge in [-0.1, -0.05) is 25.1 Å². The fraction of sp³-hybridized carbons (Fsp3) is 0.562. The van der Waals surface area contributed by atoms with Gasteiger partial charge in [0.2, 0.25) is 0 Å². The normalized spacial score (nSPS) is 14.4. The summed E-state index contributed by atoms with van der Waals surface area (Å²) in [5.41, 5.74) is 0. The lowest BCUT2D eigenvalue weighted by Crippen LogP contribution is -2.49. The minimum absolute atomic E-state index is 0. The monoisotopic (exact) mass is 469 g/mol. The van der Waals surface area contributed by atoms with Crippen LogP contribution >= 0.6 is 24.0 Å². The molecule has 138 valence electrons. The van der Waals surface area contributed by atoms with Crippen LogP contribution in [0, 0.1) is 0 Å². The van der Waals surface area contributed by atoms with Crippen LogP contribution in [0.4, 0.5) is 0 Å². The second-order valence-corrected chi connectivity index (χ2v) is 7.45. The van der Waals surface area contributed by atoms with Gasteiger partial charge in [-0.25, -0.2) is 8.42 Å². The maximum Gasteiger partial charge on any atom is 0.191 e. The number of hydrogen-bond acceptors (Lipinski definition) is 4. The molecule has 2 atom stereocenters. The Kier molecular flexibility index (Phi) is 11.2. The number of nitrogens with zero attached hydrogens (tertiary/aromatic N) is 1. The van der Waals surface area contributed by atoms with Crippen LogP contribution in [0.5, 0.6) is 0 Å². The minimum Gasteiger partial charge on any atom is -0.383 e. The molecule has 0 saturated heterocycles. The molecule has 0 fully saturated rings. The molecule has 1 rings (SSSR count). The van der Waals surface area contributed by atoms with Crippen molar-refractivity contribution in [1.29, 1.82) is 0 Å². The van der Waals surface area contributed by atoms with Gasteiger partial charge in [0.05, 0.1) is 17.3 Å². The highest BCUT2D eigenvalue weighted by Gasteiger charge is 2.21. The first-order chi connectivity index (χ1) is 10.9. The molecule has 2 N–H and O–H groups in total. The molecule has 0 spiro atoms. The summed E-state index contributed by atoms with van der Waals surface area (Å²) in [6.45, 7) is 4.46. The smallest absolute Gasteiger partial charge is 0.191 e. The number of nitrogens with one attached hydrogen (secondary N) is 2. The van der Waals surface area contributed by atoms with Gasteiger partial charge < -0.3 is 15.4 Å². The van der Waals surface area contributed by atoms with Crippen LogP contribution in [0.15, 0.2) is 40.2 Å². The van der Waals surface area contributed by atoms with Gasteiger partial charge in [-0.3, -0.25) is 4.99 Å². The van der Waals surface area contributed by atoms with E-state index in [0.717, 1.165) is 0 Å². The van der Waals surface area contributed by atoms with E-state index in [4.69, 9.17) is 4.74 Å². The molecule has 1 aromatic carbocycles. The number of methoxy groups -OCH3 is 1.